The molecule has 1 aliphatic heterocycles. The van der Waals surface area contributed by atoms with Gasteiger partial charge < -0.3 is 9.80 Å². The van der Waals surface area contributed by atoms with Crippen LogP contribution in [0.4, 0.5) is 5.13 Å². The fourth-order valence-corrected chi connectivity index (χ4v) is 4.55. The number of hydrogen-bond donors (Lipinski definition) is 0. The number of fused-ring (bicyclic) bond motifs is 1. The summed E-state index contributed by atoms with van der Waals surface area (Å²) in [7, 11) is 0. The van der Waals surface area contributed by atoms with Crippen LogP contribution in [-0.2, 0) is 6.54 Å². The Morgan fingerprint density at radius 2 is 2.04 bits per heavy atom. The van der Waals surface area contributed by atoms with E-state index in [0.29, 0.717) is 23.8 Å². The number of rotatable bonds is 3. The maximum absolute atomic E-state index is 12.7. The van der Waals surface area contributed by atoms with Gasteiger partial charge in [0, 0.05) is 38.4 Å². The van der Waals surface area contributed by atoms with Gasteiger partial charge in [0.25, 0.3) is 5.91 Å². The van der Waals surface area contributed by atoms with E-state index in [1.54, 1.807) is 11.3 Å². The average Bonchev–Trinajstić information content (AvgIpc) is 3.25. The molecular weight excluding hydrogens is 370 g/mol. The van der Waals surface area contributed by atoms with E-state index in [4.69, 9.17) is 11.6 Å². The molecular formula is C18H20ClN5OS. The SMILES string of the molecule is CCn1nc(C(=O)N2CCN(c3nc4c(Cl)cccc4s3)CC2)cc1C. The average molecular weight is 390 g/mol. The minimum Gasteiger partial charge on any atom is -0.345 e. The van der Waals surface area contributed by atoms with Gasteiger partial charge in [0.15, 0.2) is 10.8 Å². The standard InChI is InChI=1S/C18H20ClN5OS/c1-3-24-12(2)11-14(21-24)17(25)22-7-9-23(10-8-22)18-20-16-13(19)5-4-6-15(16)26-18/h4-6,11H,3,7-10H2,1-2H3. The zero-order chi connectivity index (χ0) is 18.3. The molecule has 4 rings (SSSR count). The fraction of sp³-hybridized carbons (Fsp3) is 0.389. The van der Waals surface area contributed by atoms with E-state index in [9.17, 15) is 4.79 Å². The molecule has 0 spiro atoms. The molecule has 1 fully saturated rings. The van der Waals surface area contributed by atoms with Crippen LogP contribution in [-0.4, -0.2) is 51.8 Å². The third-order valence-electron chi connectivity index (χ3n) is 4.70. The minimum absolute atomic E-state index is 0.00675. The molecule has 3 heterocycles. The van der Waals surface area contributed by atoms with Gasteiger partial charge in [-0.3, -0.25) is 9.48 Å². The topological polar surface area (TPSA) is 54.3 Å². The number of aromatic nitrogens is 3. The number of hydrogen-bond acceptors (Lipinski definition) is 5. The molecule has 0 aliphatic carbocycles. The minimum atomic E-state index is 0.00675. The van der Waals surface area contributed by atoms with Gasteiger partial charge in [-0.05, 0) is 32.0 Å². The molecule has 1 aliphatic rings. The third kappa shape index (κ3) is 3.05. The quantitative estimate of drug-likeness (QED) is 0.688. The molecule has 1 saturated heterocycles. The highest BCUT2D eigenvalue weighted by Gasteiger charge is 2.25. The summed E-state index contributed by atoms with van der Waals surface area (Å²) in [4.78, 5) is 21.5. The van der Waals surface area contributed by atoms with E-state index >= 15 is 0 Å². The molecule has 1 aromatic carbocycles. The van der Waals surface area contributed by atoms with E-state index < -0.39 is 0 Å². The van der Waals surface area contributed by atoms with Crippen molar-refractivity contribution >= 4 is 44.2 Å². The molecule has 136 valence electrons. The zero-order valence-corrected chi connectivity index (χ0v) is 16.3. The van der Waals surface area contributed by atoms with Crippen LogP contribution in [0.15, 0.2) is 24.3 Å². The number of nitrogens with zero attached hydrogens (tertiary/aromatic N) is 5. The Bertz CT molecular complexity index is 958. The zero-order valence-electron chi connectivity index (χ0n) is 14.8. The molecule has 0 radical (unpaired) electrons. The number of carbonyl (C=O) groups is 1. The monoisotopic (exact) mass is 389 g/mol. The molecule has 1 amide bonds. The van der Waals surface area contributed by atoms with Crippen molar-refractivity contribution in [3.05, 3.63) is 40.7 Å². The van der Waals surface area contributed by atoms with Crippen LogP contribution in [0.2, 0.25) is 5.02 Å². The molecule has 8 heteroatoms. The summed E-state index contributed by atoms with van der Waals surface area (Å²) in [5.41, 5.74) is 2.40. The van der Waals surface area contributed by atoms with E-state index in [-0.39, 0.29) is 5.91 Å². The Balaban J connectivity index is 1.46. The summed E-state index contributed by atoms with van der Waals surface area (Å²) < 4.78 is 2.94. The highest BCUT2D eigenvalue weighted by atomic mass is 35.5. The molecule has 0 atom stereocenters. The first-order valence-electron chi connectivity index (χ1n) is 8.70. The van der Waals surface area contributed by atoms with Crippen LogP contribution in [0.1, 0.15) is 23.1 Å². The summed E-state index contributed by atoms with van der Waals surface area (Å²) in [5, 5.41) is 6.05. The van der Waals surface area contributed by atoms with Crippen LogP contribution < -0.4 is 4.90 Å². The third-order valence-corrected chi connectivity index (χ3v) is 6.08. The predicted octanol–water partition coefficient (Wildman–Crippen LogP) is 3.44. The molecule has 0 saturated carbocycles. The van der Waals surface area contributed by atoms with E-state index in [0.717, 1.165) is 40.7 Å². The van der Waals surface area contributed by atoms with Gasteiger partial charge in [-0.15, -0.1) is 0 Å². The summed E-state index contributed by atoms with van der Waals surface area (Å²) in [6, 6.07) is 7.71. The van der Waals surface area contributed by atoms with Crippen molar-refractivity contribution in [2.45, 2.75) is 20.4 Å². The van der Waals surface area contributed by atoms with Gasteiger partial charge in [0.2, 0.25) is 0 Å². The molecule has 6 nitrogen and oxygen atoms in total. The van der Waals surface area contributed by atoms with Crippen LogP contribution in [0.5, 0.6) is 0 Å². The van der Waals surface area contributed by atoms with Crippen molar-refractivity contribution < 1.29 is 4.79 Å². The van der Waals surface area contributed by atoms with Gasteiger partial charge in [-0.25, -0.2) is 4.98 Å². The maximum Gasteiger partial charge on any atom is 0.274 e. The molecule has 0 unspecified atom stereocenters. The highest BCUT2D eigenvalue weighted by Crippen LogP contribution is 2.33. The van der Waals surface area contributed by atoms with Crippen molar-refractivity contribution in [3.63, 3.8) is 0 Å². The van der Waals surface area contributed by atoms with Crippen molar-refractivity contribution in [1.82, 2.24) is 19.7 Å². The lowest BCUT2D eigenvalue weighted by Crippen LogP contribution is -2.48. The van der Waals surface area contributed by atoms with Crippen molar-refractivity contribution in [2.24, 2.45) is 0 Å². The van der Waals surface area contributed by atoms with Crippen LogP contribution in [0.3, 0.4) is 0 Å². The first-order chi connectivity index (χ1) is 12.6. The molecule has 0 bridgehead atoms. The summed E-state index contributed by atoms with van der Waals surface area (Å²) in [6.07, 6.45) is 0. The lowest BCUT2D eigenvalue weighted by Gasteiger charge is -2.34. The van der Waals surface area contributed by atoms with Gasteiger partial charge in [-0.1, -0.05) is 29.0 Å². The van der Waals surface area contributed by atoms with Gasteiger partial charge in [0.05, 0.1) is 9.72 Å². The lowest BCUT2D eigenvalue weighted by molar-refractivity contribution is 0.0740. The second-order valence-electron chi connectivity index (χ2n) is 6.35. The number of para-hydroxylation sites is 1. The Morgan fingerprint density at radius 1 is 1.27 bits per heavy atom. The van der Waals surface area contributed by atoms with Crippen LogP contribution in [0, 0.1) is 6.92 Å². The van der Waals surface area contributed by atoms with Crippen LogP contribution in [0.25, 0.3) is 10.2 Å². The Morgan fingerprint density at radius 3 is 2.69 bits per heavy atom. The van der Waals surface area contributed by atoms with E-state index in [2.05, 4.69) is 15.0 Å². The molecule has 26 heavy (non-hydrogen) atoms. The Labute approximate surface area is 161 Å². The van der Waals surface area contributed by atoms with E-state index in [1.165, 1.54) is 0 Å². The number of aryl methyl sites for hydroxylation is 2. The number of benzene rings is 1. The largest absolute Gasteiger partial charge is 0.345 e. The lowest BCUT2D eigenvalue weighted by atomic mass is 10.2. The number of halogens is 1. The summed E-state index contributed by atoms with van der Waals surface area (Å²) >= 11 is 7.88. The summed E-state index contributed by atoms with van der Waals surface area (Å²) in [5.74, 6) is 0.00675. The number of piperazine rings is 1. The number of thiazole rings is 1. The maximum atomic E-state index is 12.7. The second kappa shape index (κ2) is 6.89. The van der Waals surface area contributed by atoms with Gasteiger partial charge in [0.1, 0.15) is 5.52 Å². The van der Waals surface area contributed by atoms with Crippen molar-refractivity contribution in [2.75, 3.05) is 31.1 Å². The normalized spacial score (nSPS) is 15.0. The first kappa shape index (κ1) is 17.3. The molecule has 3 aromatic rings. The second-order valence-corrected chi connectivity index (χ2v) is 7.77. The summed E-state index contributed by atoms with van der Waals surface area (Å²) in [6.45, 7) is 7.63. The highest BCUT2D eigenvalue weighted by molar-refractivity contribution is 7.22. The fourth-order valence-electron chi connectivity index (χ4n) is 3.24. The van der Waals surface area contributed by atoms with Crippen molar-refractivity contribution in [1.29, 1.82) is 0 Å². The smallest absolute Gasteiger partial charge is 0.274 e. The van der Waals surface area contributed by atoms with E-state index in [1.807, 2.05) is 47.7 Å². The predicted molar refractivity (Wildman–Crippen MR) is 105 cm³/mol. The number of carbonyl (C=O) groups excluding carboxylic acids is 1. The van der Waals surface area contributed by atoms with Crippen molar-refractivity contribution in [3.8, 4) is 0 Å². The number of anilines is 1. The van der Waals surface area contributed by atoms with Gasteiger partial charge in [-0.2, -0.15) is 5.10 Å². The van der Waals surface area contributed by atoms with Crippen LogP contribution >= 0.6 is 22.9 Å². The first-order valence-corrected chi connectivity index (χ1v) is 9.90. The molecule has 2 aromatic heterocycles. The number of amides is 1. The van der Waals surface area contributed by atoms with Gasteiger partial charge >= 0.3 is 0 Å². The molecule has 0 N–H and O–H groups in total. The Kier molecular flexibility index (Phi) is 4.58. The Hall–Kier alpha value is -2.12.